The minimum atomic E-state index is -0.922. The number of carboxylic acids is 1. The molecule has 0 saturated carbocycles. The number of anilines is 1. The SMILES string of the molecule is CN1C2CCC1CN(c1ccc(C(=O)O)cn1)CC2. The van der Waals surface area contributed by atoms with Crippen LogP contribution < -0.4 is 4.90 Å². The number of hydrogen-bond donors (Lipinski definition) is 1. The third-order valence-electron chi connectivity index (χ3n) is 4.47. The van der Waals surface area contributed by atoms with Crippen molar-refractivity contribution in [1.82, 2.24) is 9.88 Å². The Labute approximate surface area is 112 Å². The molecule has 5 nitrogen and oxygen atoms in total. The number of rotatable bonds is 2. The van der Waals surface area contributed by atoms with Crippen molar-refractivity contribution in [3.63, 3.8) is 0 Å². The molecule has 0 amide bonds. The fourth-order valence-corrected chi connectivity index (χ4v) is 3.22. The predicted molar refractivity (Wildman–Crippen MR) is 72.6 cm³/mol. The fourth-order valence-electron chi connectivity index (χ4n) is 3.22. The highest BCUT2D eigenvalue weighted by atomic mass is 16.4. The second kappa shape index (κ2) is 4.81. The van der Waals surface area contributed by atoms with E-state index in [0.29, 0.717) is 12.1 Å². The van der Waals surface area contributed by atoms with Gasteiger partial charge < -0.3 is 10.0 Å². The first-order valence-corrected chi connectivity index (χ1v) is 6.81. The van der Waals surface area contributed by atoms with Crippen molar-refractivity contribution in [2.45, 2.75) is 31.3 Å². The largest absolute Gasteiger partial charge is 0.478 e. The molecule has 5 heteroatoms. The summed E-state index contributed by atoms with van der Waals surface area (Å²) < 4.78 is 0. The van der Waals surface area contributed by atoms with E-state index in [9.17, 15) is 4.79 Å². The molecule has 3 rings (SSSR count). The Bertz CT molecular complexity index is 474. The Morgan fingerprint density at radius 3 is 2.79 bits per heavy atom. The molecule has 0 radical (unpaired) electrons. The van der Waals surface area contributed by atoms with Crippen LogP contribution >= 0.6 is 0 Å². The van der Waals surface area contributed by atoms with Gasteiger partial charge in [0, 0.05) is 31.4 Å². The molecule has 2 saturated heterocycles. The summed E-state index contributed by atoms with van der Waals surface area (Å²) in [5.74, 6) is -0.0281. The zero-order chi connectivity index (χ0) is 13.4. The average molecular weight is 261 g/mol. The Morgan fingerprint density at radius 1 is 1.32 bits per heavy atom. The van der Waals surface area contributed by atoms with Crippen LogP contribution in [0.5, 0.6) is 0 Å². The second-order valence-corrected chi connectivity index (χ2v) is 5.50. The molecule has 2 aliphatic rings. The molecule has 0 aliphatic carbocycles. The van der Waals surface area contributed by atoms with Crippen LogP contribution in [0.4, 0.5) is 5.82 Å². The lowest BCUT2D eigenvalue weighted by atomic mass is 10.1. The summed E-state index contributed by atoms with van der Waals surface area (Å²) >= 11 is 0. The molecule has 1 N–H and O–H groups in total. The fraction of sp³-hybridized carbons (Fsp3) is 0.571. The molecule has 0 aromatic carbocycles. The molecule has 2 unspecified atom stereocenters. The Kier molecular flexibility index (Phi) is 3.14. The maximum atomic E-state index is 10.8. The van der Waals surface area contributed by atoms with E-state index in [-0.39, 0.29) is 5.56 Å². The van der Waals surface area contributed by atoms with Gasteiger partial charge in [-0.2, -0.15) is 0 Å². The highest BCUT2D eigenvalue weighted by molar-refractivity contribution is 5.87. The summed E-state index contributed by atoms with van der Waals surface area (Å²) in [6.45, 7) is 2.00. The summed E-state index contributed by atoms with van der Waals surface area (Å²) in [7, 11) is 2.22. The van der Waals surface area contributed by atoms with Gasteiger partial charge in [0.2, 0.25) is 0 Å². The Morgan fingerprint density at radius 2 is 2.11 bits per heavy atom. The summed E-state index contributed by atoms with van der Waals surface area (Å²) in [4.78, 5) is 19.9. The van der Waals surface area contributed by atoms with Crippen LogP contribution in [0.1, 0.15) is 29.6 Å². The normalized spacial score (nSPS) is 27.3. The zero-order valence-corrected chi connectivity index (χ0v) is 11.1. The predicted octanol–water partition coefficient (Wildman–Crippen LogP) is 1.45. The number of pyridine rings is 1. The minimum absolute atomic E-state index is 0.247. The van der Waals surface area contributed by atoms with Crippen LogP contribution in [-0.2, 0) is 0 Å². The van der Waals surface area contributed by atoms with Gasteiger partial charge >= 0.3 is 5.97 Å². The molecular weight excluding hydrogens is 242 g/mol. The van der Waals surface area contributed by atoms with E-state index in [2.05, 4.69) is 21.8 Å². The standard InChI is InChI=1S/C14H19N3O2/c1-16-11-3-4-12(16)9-17(7-6-11)13-5-2-10(8-15-13)14(18)19/h2,5,8,11-12H,3-4,6-7,9H2,1H3,(H,18,19). The van der Waals surface area contributed by atoms with Crippen molar-refractivity contribution >= 4 is 11.8 Å². The van der Waals surface area contributed by atoms with E-state index in [1.54, 1.807) is 6.07 Å². The summed E-state index contributed by atoms with van der Waals surface area (Å²) in [5.41, 5.74) is 0.247. The van der Waals surface area contributed by atoms with E-state index in [1.165, 1.54) is 19.0 Å². The number of aromatic carboxylic acids is 1. The molecular formula is C14H19N3O2. The molecule has 2 atom stereocenters. The van der Waals surface area contributed by atoms with Crippen molar-refractivity contribution in [1.29, 1.82) is 0 Å². The van der Waals surface area contributed by atoms with E-state index in [1.807, 2.05) is 6.07 Å². The van der Waals surface area contributed by atoms with Gasteiger partial charge in [0.15, 0.2) is 0 Å². The maximum absolute atomic E-state index is 10.8. The number of carboxylic acid groups (broad SMARTS) is 1. The number of likely N-dealkylation sites (N-methyl/N-ethyl adjacent to an activating group) is 1. The molecule has 2 aliphatic heterocycles. The molecule has 1 aromatic heterocycles. The van der Waals surface area contributed by atoms with Gasteiger partial charge in [-0.15, -0.1) is 0 Å². The zero-order valence-electron chi connectivity index (χ0n) is 11.1. The molecule has 3 heterocycles. The van der Waals surface area contributed by atoms with Crippen LogP contribution in [-0.4, -0.2) is 53.2 Å². The lowest BCUT2D eigenvalue weighted by Crippen LogP contribution is -2.36. The van der Waals surface area contributed by atoms with Gasteiger partial charge in [-0.25, -0.2) is 9.78 Å². The highest BCUT2D eigenvalue weighted by Crippen LogP contribution is 2.30. The summed E-state index contributed by atoms with van der Waals surface area (Å²) in [6.07, 6.45) is 5.17. The van der Waals surface area contributed by atoms with Gasteiger partial charge in [0.1, 0.15) is 5.82 Å². The van der Waals surface area contributed by atoms with Crippen LogP contribution in [0.25, 0.3) is 0 Å². The number of fused-ring (bicyclic) bond motifs is 2. The van der Waals surface area contributed by atoms with Crippen LogP contribution in [0, 0.1) is 0 Å². The summed E-state index contributed by atoms with van der Waals surface area (Å²) in [6, 6.07) is 4.77. The van der Waals surface area contributed by atoms with Crippen molar-refractivity contribution in [2.75, 3.05) is 25.0 Å². The molecule has 2 bridgehead atoms. The van der Waals surface area contributed by atoms with Gasteiger partial charge in [0.25, 0.3) is 0 Å². The first kappa shape index (κ1) is 12.4. The first-order chi connectivity index (χ1) is 9.15. The number of carbonyl (C=O) groups is 1. The first-order valence-electron chi connectivity index (χ1n) is 6.81. The molecule has 19 heavy (non-hydrogen) atoms. The number of nitrogens with zero attached hydrogens (tertiary/aromatic N) is 3. The van der Waals surface area contributed by atoms with Crippen molar-refractivity contribution in [3.05, 3.63) is 23.9 Å². The molecule has 1 aromatic rings. The number of aromatic nitrogens is 1. The van der Waals surface area contributed by atoms with Crippen LogP contribution in [0.3, 0.4) is 0 Å². The van der Waals surface area contributed by atoms with E-state index in [4.69, 9.17) is 5.11 Å². The Balaban J connectivity index is 1.77. The van der Waals surface area contributed by atoms with Crippen LogP contribution in [0.15, 0.2) is 18.3 Å². The lowest BCUT2D eigenvalue weighted by molar-refractivity contribution is 0.0696. The van der Waals surface area contributed by atoms with Gasteiger partial charge in [-0.05, 0) is 38.4 Å². The molecule has 102 valence electrons. The Hall–Kier alpha value is -1.62. The topological polar surface area (TPSA) is 56.7 Å². The minimum Gasteiger partial charge on any atom is -0.478 e. The lowest BCUT2D eigenvalue weighted by Gasteiger charge is -2.26. The van der Waals surface area contributed by atoms with E-state index in [0.717, 1.165) is 25.3 Å². The van der Waals surface area contributed by atoms with E-state index >= 15 is 0 Å². The van der Waals surface area contributed by atoms with Crippen molar-refractivity contribution in [3.8, 4) is 0 Å². The quantitative estimate of drug-likeness (QED) is 0.873. The molecule has 0 spiro atoms. The van der Waals surface area contributed by atoms with Crippen molar-refractivity contribution < 1.29 is 9.90 Å². The third-order valence-corrected chi connectivity index (χ3v) is 4.47. The average Bonchev–Trinajstić information content (AvgIpc) is 2.63. The van der Waals surface area contributed by atoms with Crippen molar-refractivity contribution in [2.24, 2.45) is 0 Å². The highest BCUT2D eigenvalue weighted by Gasteiger charge is 2.34. The van der Waals surface area contributed by atoms with E-state index < -0.39 is 5.97 Å². The molecule has 2 fully saturated rings. The maximum Gasteiger partial charge on any atom is 0.337 e. The smallest absolute Gasteiger partial charge is 0.337 e. The van der Waals surface area contributed by atoms with Gasteiger partial charge in [0.05, 0.1) is 5.56 Å². The van der Waals surface area contributed by atoms with Gasteiger partial charge in [-0.1, -0.05) is 0 Å². The third kappa shape index (κ3) is 2.30. The van der Waals surface area contributed by atoms with Gasteiger partial charge in [-0.3, -0.25) is 4.90 Å². The number of hydrogen-bond acceptors (Lipinski definition) is 4. The van der Waals surface area contributed by atoms with Crippen LogP contribution in [0.2, 0.25) is 0 Å². The second-order valence-electron chi connectivity index (χ2n) is 5.50. The monoisotopic (exact) mass is 261 g/mol. The summed E-state index contributed by atoms with van der Waals surface area (Å²) in [5, 5.41) is 8.89.